The number of rotatable bonds is 2. The minimum absolute atomic E-state index is 0.140. The summed E-state index contributed by atoms with van der Waals surface area (Å²) in [4.78, 5) is 8.19. The normalized spacial score (nSPS) is 17.3. The zero-order chi connectivity index (χ0) is 14.2. The van der Waals surface area contributed by atoms with Crippen LogP contribution in [0.15, 0.2) is 36.7 Å². The van der Waals surface area contributed by atoms with Gasteiger partial charge in [0.1, 0.15) is 23.0 Å². The summed E-state index contributed by atoms with van der Waals surface area (Å²) in [6, 6.07) is 9.91. The molecule has 0 aliphatic carbocycles. The van der Waals surface area contributed by atoms with Crippen LogP contribution in [0.1, 0.15) is 18.0 Å². The molecule has 1 unspecified atom stereocenters. The van der Waals surface area contributed by atoms with Crippen molar-refractivity contribution in [2.75, 3.05) is 11.9 Å². The Morgan fingerprint density at radius 1 is 1.33 bits per heavy atom. The Balaban J connectivity index is 1.74. The van der Waals surface area contributed by atoms with Crippen LogP contribution in [-0.4, -0.2) is 26.2 Å². The number of hydrogen-bond donors (Lipinski definition) is 1. The quantitative estimate of drug-likeness (QED) is 0.737. The summed E-state index contributed by atoms with van der Waals surface area (Å²) in [5.74, 6) is 2.16. The monoisotopic (exact) mass is 301 g/mol. The van der Waals surface area contributed by atoms with Crippen molar-refractivity contribution in [3.8, 4) is 5.75 Å². The molecular weight excluding hydrogens is 290 g/mol. The molecule has 0 spiro atoms. The first-order chi connectivity index (χ1) is 10.3. The fourth-order valence-electron chi connectivity index (χ4n) is 2.56. The lowest BCUT2D eigenvalue weighted by atomic mass is 10.0. The third-order valence-electron chi connectivity index (χ3n) is 3.50. The number of halogens is 1. The van der Waals surface area contributed by atoms with E-state index in [9.17, 15) is 0 Å². The smallest absolute Gasteiger partial charge is 0.255 e. The van der Waals surface area contributed by atoms with Gasteiger partial charge < -0.3 is 10.1 Å². The van der Waals surface area contributed by atoms with E-state index in [1.54, 1.807) is 10.6 Å². The van der Waals surface area contributed by atoms with Crippen molar-refractivity contribution in [3.05, 3.63) is 47.4 Å². The molecule has 21 heavy (non-hydrogen) atoms. The predicted octanol–water partition coefficient (Wildman–Crippen LogP) is 2.71. The second-order valence-electron chi connectivity index (χ2n) is 4.81. The number of para-hydroxylation sites is 1. The maximum absolute atomic E-state index is 6.04. The number of nitrogens with zero attached hydrogens (tertiary/aromatic N) is 4. The third-order valence-corrected chi connectivity index (χ3v) is 3.69. The zero-order valence-corrected chi connectivity index (χ0v) is 11.8. The van der Waals surface area contributed by atoms with E-state index in [2.05, 4.69) is 26.4 Å². The molecule has 6 nitrogen and oxygen atoms in total. The Morgan fingerprint density at radius 3 is 3.19 bits per heavy atom. The second kappa shape index (κ2) is 4.89. The van der Waals surface area contributed by atoms with E-state index in [0.717, 1.165) is 23.6 Å². The Bertz CT molecular complexity index is 803. The average Bonchev–Trinajstić information content (AvgIpc) is 2.96. The highest BCUT2D eigenvalue weighted by atomic mass is 35.5. The molecule has 1 aliphatic rings. The van der Waals surface area contributed by atoms with Crippen molar-refractivity contribution < 1.29 is 4.74 Å². The van der Waals surface area contributed by atoms with Gasteiger partial charge in [-0.3, -0.25) is 0 Å². The molecular formula is C14H12ClN5O. The van der Waals surface area contributed by atoms with Crippen molar-refractivity contribution >= 4 is 23.2 Å². The van der Waals surface area contributed by atoms with Gasteiger partial charge in [0.05, 0.1) is 12.6 Å². The van der Waals surface area contributed by atoms with Crippen LogP contribution in [0.2, 0.25) is 5.15 Å². The highest BCUT2D eigenvalue weighted by Gasteiger charge is 2.22. The summed E-state index contributed by atoms with van der Waals surface area (Å²) < 4.78 is 7.32. The molecule has 3 aromatic rings. The van der Waals surface area contributed by atoms with E-state index >= 15 is 0 Å². The molecule has 0 amide bonds. The molecule has 3 heterocycles. The Morgan fingerprint density at radius 2 is 2.24 bits per heavy atom. The lowest BCUT2D eigenvalue weighted by Gasteiger charge is -2.27. The van der Waals surface area contributed by atoms with Crippen molar-refractivity contribution in [1.82, 2.24) is 19.6 Å². The molecule has 0 saturated carbocycles. The molecule has 106 valence electrons. The van der Waals surface area contributed by atoms with Crippen LogP contribution in [0.5, 0.6) is 5.75 Å². The summed E-state index contributed by atoms with van der Waals surface area (Å²) >= 11 is 6.04. The van der Waals surface area contributed by atoms with Gasteiger partial charge in [-0.25, -0.2) is 0 Å². The van der Waals surface area contributed by atoms with Crippen LogP contribution in [0, 0.1) is 0 Å². The molecule has 2 aromatic heterocycles. The van der Waals surface area contributed by atoms with Crippen LogP contribution in [-0.2, 0) is 0 Å². The highest BCUT2D eigenvalue weighted by Crippen LogP contribution is 2.34. The SMILES string of the molecule is Clc1cc(NC2CCOc3ccccc32)n2ncnc2n1. The molecule has 0 radical (unpaired) electrons. The first-order valence-electron chi connectivity index (χ1n) is 6.66. The Hall–Kier alpha value is -2.34. The minimum atomic E-state index is 0.140. The number of benzene rings is 1. The molecule has 1 N–H and O–H groups in total. The van der Waals surface area contributed by atoms with Gasteiger partial charge in [0, 0.05) is 18.1 Å². The van der Waals surface area contributed by atoms with Gasteiger partial charge in [-0.2, -0.15) is 19.6 Å². The zero-order valence-electron chi connectivity index (χ0n) is 11.0. The van der Waals surface area contributed by atoms with Crippen LogP contribution in [0.3, 0.4) is 0 Å². The lowest BCUT2D eigenvalue weighted by Crippen LogP contribution is -2.21. The maximum atomic E-state index is 6.04. The van der Waals surface area contributed by atoms with Gasteiger partial charge in [-0.1, -0.05) is 29.8 Å². The number of fused-ring (bicyclic) bond motifs is 2. The van der Waals surface area contributed by atoms with E-state index in [-0.39, 0.29) is 6.04 Å². The molecule has 0 fully saturated rings. The summed E-state index contributed by atoms with van der Waals surface area (Å²) in [5.41, 5.74) is 1.13. The number of ether oxygens (including phenoxy) is 1. The second-order valence-corrected chi connectivity index (χ2v) is 5.20. The maximum Gasteiger partial charge on any atom is 0.255 e. The molecule has 4 rings (SSSR count). The van der Waals surface area contributed by atoms with Gasteiger partial charge in [-0.05, 0) is 6.07 Å². The van der Waals surface area contributed by atoms with E-state index in [4.69, 9.17) is 16.3 Å². The van der Waals surface area contributed by atoms with E-state index < -0.39 is 0 Å². The van der Waals surface area contributed by atoms with Crippen LogP contribution in [0.4, 0.5) is 5.82 Å². The van der Waals surface area contributed by atoms with E-state index in [1.165, 1.54) is 6.33 Å². The van der Waals surface area contributed by atoms with Gasteiger partial charge >= 0.3 is 0 Å². The predicted molar refractivity (Wildman–Crippen MR) is 78.7 cm³/mol. The van der Waals surface area contributed by atoms with Crippen molar-refractivity contribution in [1.29, 1.82) is 0 Å². The summed E-state index contributed by atoms with van der Waals surface area (Å²) in [6.45, 7) is 0.675. The average molecular weight is 302 g/mol. The number of aromatic nitrogens is 4. The van der Waals surface area contributed by atoms with Crippen LogP contribution >= 0.6 is 11.6 Å². The highest BCUT2D eigenvalue weighted by molar-refractivity contribution is 6.29. The fraction of sp³-hybridized carbons (Fsp3) is 0.214. The van der Waals surface area contributed by atoms with Gasteiger partial charge in [0.15, 0.2) is 0 Å². The van der Waals surface area contributed by atoms with Gasteiger partial charge in [0.2, 0.25) is 0 Å². The molecule has 0 saturated heterocycles. The largest absolute Gasteiger partial charge is 0.493 e. The number of anilines is 1. The first-order valence-corrected chi connectivity index (χ1v) is 7.03. The Kier molecular flexibility index (Phi) is 2.89. The minimum Gasteiger partial charge on any atom is -0.493 e. The summed E-state index contributed by atoms with van der Waals surface area (Å²) in [6.07, 6.45) is 2.33. The molecule has 0 bridgehead atoms. The fourth-order valence-corrected chi connectivity index (χ4v) is 2.74. The number of hydrogen-bond acceptors (Lipinski definition) is 5. The van der Waals surface area contributed by atoms with Crippen molar-refractivity contribution in [2.45, 2.75) is 12.5 Å². The van der Waals surface area contributed by atoms with Crippen molar-refractivity contribution in [2.24, 2.45) is 0 Å². The van der Waals surface area contributed by atoms with E-state index in [1.807, 2.05) is 18.2 Å². The molecule has 7 heteroatoms. The van der Waals surface area contributed by atoms with Crippen LogP contribution < -0.4 is 10.1 Å². The summed E-state index contributed by atoms with van der Waals surface area (Å²) in [5, 5.41) is 8.02. The van der Waals surface area contributed by atoms with Crippen LogP contribution in [0.25, 0.3) is 5.78 Å². The molecule has 1 aliphatic heterocycles. The number of nitrogens with one attached hydrogen (secondary N) is 1. The first kappa shape index (κ1) is 12.4. The van der Waals surface area contributed by atoms with Crippen molar-refractivity contribution in [3.63, 3.8) is 0 Å². The summed E-state index contributed by atoms with van der Waals surface area (Å²) in [7, 11) is 0. The molecule has 1 atom stereocenters. The Labute approximate surface area is 125 Å². The molecule has 1 aromatic carbocycles. The van der Waals surface area contributed by atoms with Gasteiger partial charge in [0.25, 0.3) is 5.78 Å². The lowest BCUT2D eigenvalue weighted by molar-refractivity contribution is 0.274. The standard InChI is InChI=1S/C14H12ClN5O/c15-12-7-13(20-14(19-12)16-8-17-20)18-10-5-6-21-11-4-2-1-3-9(10)11/h1-4,7-8,10,18H,5-6H2. The van der Waals surface area contributed by atoms with Gasteiger partial charge in [-0.15, -0.1) is 0 Å². The third kappa shape index (κ3) is 2.17. The topological polar surface area (TPSA) is 64.3 Å². The van der Waals surface area contributed by atoms with E-state index in [0.29, 0.717) is 17.5 Å².